The fraction of sp³-hybridized carbons (Fsp3) is 0.300. The number of aromatic nitrogens is 3. The maximum atomic E-state index is 11.7. The first-order valence-electron chi connectivity index (χ1n) is 9.36. The van der Waals surface area contributed by atoms with E-state index >= 15 is 0 Å². The highest BCUT2D eigenvalue weighted by Gasteiger charge is 2.30. The van der Waals surface area contributed by atoms with Crippen LogP contribution in [0.2, 0.25) is 0 Å². The minimum absolute atomic E-state index is 0.121. The van der Waals surface area contributed by atoms with E-state index in [1.807, 2.05) is 43.0 Å². The van der Waals surface area contributed by atoms with E-state index in [1.165, 1.54) is 0 Å². The second kappa shape index (κ2) is 7.51. The number of benzene rings is 1. The van der Waals surface area contributed by atoms with Crippen molar-refractivity contribution >= 4 is 17.2 Å². The number of anilines is 2. The molecule has 29 heavy (non-hydrogen) atoms. The van der Waals surface area contributed by atoms with Gasteiger partial charge in [-0.2, -0.15) is 5.10 Å². The molecule has 0 amide bonds. The van der Waals surface area contributed by atoms with Gasteiger partial charge in [-0.25, -0.2) is 9.67 Å². The van der Waals surface area contributed by atoms with Crippen molar-refractivity contribution in [2.75, 3.05) is 36.9 Å². The van der Waals surface area contributed by atoms with Gasteiger partial charge in [-0.1, -0.05) is 23.8 Å². The standard InChI is InChI=1S/C20H22N6O3/c1-13-4-3-5-15(12-13)16-6-7-25(23-16)20-14(2)17(24-8-10-29-11-9-24)18(26(27)28)19(21)22-20/h3-7,12H,8-11H2,1-2H3,(H2,21,22). The molecule has 0 atom stereocenters. The molecular formula is C20H22N6O3. The van der Waals surface area contributed by atoms with Gasteiger partial charge < -0.3 is 15.4 Å². The largest absolute Gasteiger partial charge is 0.378 e. The molecular weight excluding hydrogens is 372 g/mol. The number of hydrogen-bond acceptors (Lipinski definition) is 7. The Morgan fingerprint density at radius 3 is 2.66 bits per heavy atom. The van der Waals surface area contributed by atoms with Crippen LogP contribution in [0.3, 0.4) is 0 Å². The van der Waals surface area contributed by atoms with Crippen molar-refractivity contribution in [3.05, 3.63) is 57.8 Å². The minimum atomic E-state index is -0.467. The molecule has 2 aromatic heterocycles. The van der Waals surface area contributed by atoms with Crippen molar-refractivity contribution in [1.29, 1.82) is 0 Å². The SMILES string of the molecule is Cc1cccc(-c2ccn(-c3nc(N)c([N+](=O)[O-])c(N4CCOCC4)c3C)n2)c1. The Balaban J connectivity index is 1.83. The average molecular weight is 394 g/mol. The number of rotatable bonds is 4. The van der Waals surface area contributed by atoms with E-state index in [4.69, 9.17) is 10.5 Å². The van der Waals surface area contributed by atoms with E-state index in [0.717, 1.165) is 16.8 Å². The third-order valence-corrected chi connectivity index (χ3v) is 5.01. The normalized spacial score (nSPS) is 14.2. The zero-order valence-corrected chi connectivity index (χ0v) is 16.3. The molecule has 0 bridgehead atoms. The van der Waals surface area contributed by atoms with E-state index in [2.05, 4.69) is 16.1 Å². The monoisotopic (exact) mass is 394 g/mol. The predicted molar refractivity (Wildman–Crippen MR) is 110 cm³/mol. The molecule has 9 heteroatoms. The second-order valence-corrected chi connectivity index (χ2v) is 7.01. The van der Waals surface area contributed by atoms with E-state index in [1.54, 1.807) is 10.9 Å². The molecule has 0 spiro atoms. The molecule has 1 aliphatic rings. The Bertz CT molecular complexity index is 1070. The zero-order valence-electron chi connectivity index (χ0n) is 16.3. The van der Waals surface area contributed by atoms with Crippen LogP contribution in [0.1, 0.15) is 11.1 Å². The highest BCUT2D eigenvalue weighted by atomic mass is 16.6. The maximum Gasteiger partial charge on any atom is 0.334 e. The molecule has 0 radical (unpaired) electrons. The summed E-state index contributed by atoms with van der Waals surface area (Å²) < 4.78 is 7.01. The van der Waals surface area contributed by atoms with Crippen LogP contribution in [-0.2, 0) is 4.74 Å². The van der Waals surface area contributed by atoms with Gasteiger partial charge in [-0.3, -0.25) is 10.1 Å². The topological polar surface area (TPSA) is 112 Å². The van der Waals surface area contributed by atoms with Crippen molar-refractivity contribution in [2.45, 2.75) is 13.8 Å². The Labute approximate surface area is 167 Å². The quantitative estimate of drug-likeness (QED) is 0.535. The van der Waals surface area contributed by atoms with Crippen LogP contribution in [0.4, 0.5) is 17.2 Å². The van der Waals surface area contributed by atoms with Crippen molar-refractivity contribution in [3.63, 3.8) is 0 Å². The number of pyridine rings is 1. The van der Waals surface area contributed by atoms with Crippen LogP contribution in [0.25, 0.3) is 17.1 Å². The summed E-state index contributed by atoms with van der Waals surface area (Å²) in [6.45, 7) is 5.96. The van der Waals surface area contributed by atoms with Gasteiger partial charge in [0.15, 0.2) is 5.82 Å². The van der Waals surface area contributed by atoms with Crippen LogP contribution in [-0.4, -0.2) is 46.0 Å². The van der Waals surface area contributed by atoms with Gasteiger partial charge in [-0.05, 0) is 26.0 Å². The first-order chi connectivity index (χ1) is 14.0. The molecule has 1 aliphatic heterocycles. The lowest BCUT2D eigenvalue weighted by molar-refractivity contribution is -0.383. The van der Waals surface area contributed by atoms with E-state index in [9.17, 15) is 10.1 Å². The number of ether oxygens (including phenoxy) is 1. The first kappa shape index (κ1) is 18.9. The summed E-state index contributed by atoms with van der Waals surface area (Å²) >= 11 is 0. The highest BCUT2D eigenvalue weighted by Crippen LogP contribution is 2.38. The smallest absolute Gasteiger partial charge is 0.334 e. The van der Waals surface area contributed by atoms with Crippen molar-refractivity contribution in [1.82, 2.24) is 14.8 Å². The number of nitro groups is 1. The number of nitrogen functional groups attached to an aromatic ring is 1. The van der Waals surface area contributed by atoms with Crippen LogP contribution in [0.15, 0.2) is 36.5 Å². The van der Waals surface area contributed by atoms with E-state index in [-0.39, 0.29) is 11.5 Å². The highest BCUT2D eigenvalue weighted by molar-refractivity contribution is 5.79. The van der Waals surface area contributed by atoms with Crippen molar-refractivity contribution in [3.8, 4) is 17.1 Å². The zero-order chi connectivity index (χ0) is 20.5. The number of nitrogens with two attached hydrogens (primary N) is 1. The number of nitrogens with zero attached hydrogens (tertiary/aromatic N) is 5. The molecule has 1 aromatic carbocycles. The van der Waals surface area contributed by atoms with Gasteiger partial charge in [0, 0.05) is 30.4 Å². The number of morpholine rings is 1. The van der Waals surface area contributed by atoms with Crippen LogP contribution in [0.5, 0.6) is 0 Å². The molecule has 1 saturated heterocycles. The molecule has 2 N–H and O–H groups in total. The molecule has 1 fully saturated rings. The van der Waals surface area contributed by atoms with Crippen LogP contribution < -0.4 is 10.6 Å². The third kappa shape index (κ3) is 3.52. The van der Waals surface area contributed by atoms with Gasteiger partial charge in [0.05, 0.1) is 23.8 Å². The summed E-state index contributed by atoms with van der Waals surface area (Å²) in [6, 6.07) is 9.94. The second-order valence-electron chi connectivity index (χ2n) is 7.01. The first-order valence-corrected chi connectivity index (χ1v) is 9.36. The van der Waals surface area contributed by atoms with Gasteiger partial charge >= 0.3 is 5.69 Å². The molecule has 3 aromatic rings. The van der Waals surface area contributed by atoms with Crippen molar-refractivity contribution < 1.29 is 9.66 Å². The number of aryl methyl sites for hydroxylation is 1. The molecule has 9 nitrogen and oxygen atoms in total. The van der Waals surface area contributed by atoms with Crippen molar-refractivity contribution in [2.24, 2.45) is 0 Å². The molecule has 4 rings (SSSR count). The van der Waals surface area contributed by atoms with Gasteiger partial charge in [0.25, 0.3) is 0 Å². The fourth-order valence-electron chi connectivity index (χ4n) is 3.63. The van der Waals surface area contributed by atoms with Crippen LogP contribution >= 0.6 is 0 Å². The molecule has 0 unspecified atom stereocenters. The summed E-state index contributed by atoms with van der Waals surface area (Å²) in [4.78, 5) is 17.5. The minimum Gasteiger partial charge on any atom is -0.378 e. The Morgan fingerprint density at radius 2 is 1.97 bits per heavy atom. The Hall–Kier alpha value is -3.46. The summed E-state index contributed by atoms with van der Waals surface area (Å²) in [7, 11) is 0. The Morgan fingerprint density at radius 1 is 1.21 bits per heavy atom. The molecule has 0 aliphatic carbocycles. The van der Waals surface area contributed by atoms with Gasteiger partial charge in [0.2, 0.25) is 5.82 Å². The lowest BCUT2D eigenvalue weighted by Gasteiger charge is -2.30. The fourth-order valence-corrected chi connectivity index (χ4v) is 3.63. The van der Waals surface area contributed by atoms with Crippen LogP contribution in [0, 0.1) is 24.0 Å². The van der Waals surface area contributed by atoms with E-state index in [0.29, 0.717) is 43.4 Å². The van der Waals surface area contributed by atoms with Gasteiger partial charge in [0.1, 0.15) is 5.69 Å². The summed E-state index contributed by atoms with van der Waals surface area (Å²) in [6.07, 6.45) is 1.79. The predicted octanol–water partition coefficient (Wildman–Crippen LogP) is 2.88. The average Bonchev–Trinajstić information content (AvgIpc) is 3.19. The van der Waals surface area contributed by atoms with E-state index < -0.39 is 4.92 Å². The maximum absolute atomic E-state index is 11.7. The summed E-state index contributed by atoms with van der Waals surface area (Å²) in [5.74, 6) is 0.359. The molecule has 3 heterocycles. The lowest BCUT2D eigenvalue weighted by atomic mass is 10.1. The molecule has 150 valence electrons. The lowest BCUT2D eigenvalue weighted by Crippen LogP contribution is -2.37. The van der Waals surface area contributed by atoms with Gasteiger partial charge in [-0.15, -0.1) is 0 Å². The summed E-state index contributed by atoms with van der Waals surface area (Å²) in [5.41, 5.74) is 9.91. The summed E-state index contributed by atoms with van der Waals surface area (Å²) in [5, 5.41) is 16.4. The Kier molecular flexibility index (Phi) is 4.89. The third-order valence-electron chi connectivity index (χ3n) is 5.01. The molecule has 0 saturated carbocycles. The number of hydrogen-bond donors (Lipinski definition) is 1.